The lowest BCUT2D eigenvalue weighted by molar-refractivity contribution is -0.151. The molecule has 1 N–H and O–H groups in total. The predicted octanol–water partition coefficient (Wildman–Crippen LogP) is 0.254. The Morgan fingerprint density at radius 1 is 1.04 bits per heavy atom. The van der Waals surface area contributed by atoms with Crippen LogP contribution in [0.2, 0.25) is 0 Å². The topological polar surface area (TPSA) is 104 Å². The SMILES string of the molecule is O=C(O)CN(C(=O)CN1C(=O)C2CCCCC2C1=O)C1CCOCC1. The second-order valence-electron chi connectivity index (χ2n) is 7.02. The molecule has 3 rings (SSSR count). The molecule has 0 aromatic heterocycles. The molecule has 0 aromatic rings. The highest BCUT2D eigenvalue weighted by molar-refractivity contribution is 6.07. The van der Waals surface area contributed by atoms with Crippen LogP contribution in [0, 0.1) is 11.8 Å². The first kappa shape index (κ1) is 17.8. The van der Waals surface area contributed by atoms with E-state index in [1.165, 1.54) is 4.90 Å². The van der Waals surface area contributed by atoms with Crippen molar-refractivity contribution in [2.75, 3.05) is 26.3 Å². The van der Waals surface area contributed by atoms with E-state index < -0.39 is 18.4 Å². The number of aliphatic carboxylic acids is 1. The number of fused-ring (bicyclic) bond motifs is 1. The molecule has 8 heteroatoms. The summed E-state index contributed by atoms with van der Waals surface area (Å²) in [5.74, 6) is -2.73. The lowest BCUT2D eigenvalue weighted by Crippen LogP contribution is -2.50. The molecule has 2 saturated heterocycles. The average molecular weight is 352 g/mol. The summed E-state index contributed by atoms with van der Waals surface area (Å²) in [6, 6.07) is -0.229. The molecule has 0 spiro atoms. The largest absolute Gasteiger partial charge is 0.480 e. The highest BCUT2D eigenvalue weighted by Gasteiger charge is 2.49. The van der Waals surface area contributed by atoms with Gasteiger partial charge in [0.15, 0.2) is 0 Å². The van der Waals surface area contributed by atoms with Crippen LogP contribution >= 0.6 is 0 Å². The molecule has 0 bridgehead atoms. The maximum absolute atomic E-state index is 12.7. The van der Waals surface area contributed by atoms with Gasteiger partial charge in [0.2, 0.25) is 17.7 Å². The minimum absolute atomic E-state index is 0.229. The summed E-state index contributed by atoms with van der Waals surface area (Å²) in [4.78, 5) is 51.2. The van der Waals surface area contributed by atoms with Crippen molar-refractivity contribution < 1.29 is 29.0 Å². The van der Waals surface area contributed by atoms with E-state index in [0.29, 0.717) is 38.9 Å². The molecular weight excluding hydrogens is 328 g/mol. The third-order valence-electron chi connectivity index (χ3n) is 5.48. The van der Waals surface area contributed by atoms with Crippen LogP contribution < -0.4 is 0 Å². The average Bonchev–Trinajstić information content (AvgIpc) is 2.85. The minimum atomic E-state index is -1.10. The monoisotopic (exact) mass is 352 g/mol. The molecule has 0 aromatic carbocycles. The number of carboxylic acid groups (broad SMARTS) is 1. The Labute approximate surface area is 146 Å². The first-order chi connectivity index (χ1) is 12.0. The Hall–Kier alpha value is -1.96. The highest BCUT2D eigenvalue weighted by Crippen LogP contribution is 2.38. The summed E-state index contributed by atoms with van der Waals surface area (Å²) in [6.07, 6.45) is 4.36. The van der Waals surface area contributed by atoms with Crippen LogP contribution in [0.15, 0.2) is 0 Å². The van der Waals surface area contributed by atoms with E-state index >= 15 is 0 Å². The van der Waals surface area contributed by atoms with Gasteiger partial charge in [-0.3, -0.25) is 24.1 Å². The van der Waals surface area contributed by atoms with Crippen molar-refractivity contribution in [2.45, 2.75) is 44.6 Å². The van der Waals surface area contributed by atoms with Gasteiger partial charge in [0, 0.05) is 19.3 Å². The fourth-order valence-corrected chi connectivity index (χ4v) is 4.18. The first-order valence-electron chi connectivity index (χ1n) is 8.93. The highest BCUT2D eigenvalue weighted by atomic mass is 16.5. The van der Waals surface area contributed by atoms with Crippen LogP contribution in [0.25, 0.3) is 0 Å². The molecule has 3 aliphatic rings. The molecule has 25 heavy (non-hydrogen) atoms. The number of ether oxygens (including phenoxy) is 1. The van der Waals surface area contributed by atoms with Gasteiger partial charge in [0.05, 0.1) is 11.8 Å². The van der Waals surface area contributed by atoms with Crippen molar-refractivity contribution in [3.63, 3.8) is 0 Å². The number of hydrogen-bond donors (Lipinski definition) is 1. The molecule has 3 amide bonds. The van der Waals surface area contributed by atoms with Gasteiger partial charge in [-0.05, 0) is 25.7 Å². The van der Waals surface area contributed by atoms with Gasteiger partial charge in [-0.2, -0.15) is 0 Å². The summed E-state index contributed by atoms with van der Waals surface area (Å²) in [6.45, 7) is 0.168. The van der Waals surface area contributed by atoms with Gasteiger partial charge >= 0.3 is 5.97 Å². The Morgan fingerprint density at radius 3 is 2.12 bits per heavy atom. The van der Waals surface area contributed by atoms with Gasteiger partial charge in [-0.1, -0.05) is 12.8 Å². The van der Waals surface area contributed by atoms with Crippen LogP contribution in [0.3, 0.4) is 0 Å². The Balaban J connectivity index is 1.70. The molecule has 1 saturated carbocycles. The molecule has 8 nitrogen and oxygen atoms in total. The fraction of sp³-hybridized carbons (Fsp3) is 0.765. The normalized spacial score (nSPS) is 27.3. The fourth-order valence-electron chi connectivity index (χ4n) is 4.18. The Morgan fingerprint density at radius 2 is 1.60 bits per heavy atom. The smallest absolute Gasteiger partial charge is 0.323 e. The van der Waals surface area contributed by atoms with E-state index in [9.17, 15) is 19.2 Å². The standard InChI is InChI=1S/C17H24N2O6/c20-14(18(10-15(21)22)11-5-7-25-8-6-11)9-19-16(23)12-3-1-2-4-13(12)17(19)24/h11-13H,1-10H2,(H,21,22). The first-order valence-corrected chi connectivity index (χ1v) is 8.93. The van der Waals surface area contributed by atoms with Crippen molar-refractivity contribution in [1.82, 2.24) is 9.80 Å². The van der Waals surface area contributed by atoms with Crippen LogP contribution in [0.4, 0.5) is 0 Å². The lowest BCUT2D eigenvalue weighted by atomic mass is 9.81. The summed E-state index contributed by atoms with van der Waals surface area (Å²) >= 11 is 0. The number of likely N-dealkylation sites (tertiary alicyclic amines) is 1. The lowest BCUT2D eigenvalue weighted by Gasteiger charge is -2.34. The summed E-state index contributed by atoms with van der Waals surface area (Å²) < 4.78 is 5.26. The van der Waals surface area contributed by atoms with Crippen LogP contribution in [-0.4, -0.2) is 70.9 Å². The summed E-state index contributed by atoms with van der Waals surface area (Å²) in [5, 5.41) is 9.12. The summed E-state index contributed by atoms with van der Waals surface area (Å²) in [5.41, 5.74) is 0. The second-order valence-corrected chi connectivity index (χ2v) is 7.02. The zero-order chi connectivity index (χ0) is 18.0. The van der Waals surface area contributed by atoms with E-state index in [1.54, 1.807) is 0 Å². The van der Waals surface area contributed by atoms with E-state index in [2.05, 4.69) is 0 Å². The number of amides is 3. The molecule has 2 heterocycles. The second kappa shape index (κ2) is 7.51. The maximum atomic E-state index is 12.7. The quantitative estimate of drug-likeness (QED) is 0.712. The van der Waals surface area contributed by atoms with E-state index in [-0.39, 0.29) is 36.2 Å². The third-order valence-corrected chi connectivity index (χ3v) is 5.48. The minimum Gasteiger partial charge on any atom is -0.480 e. The van der Waals surface area contributed by atoms with Crippen molar-refractivity contribution >= 4 is 23.7 Å². The Kier molecular flexibility index (Phi) is 5.36. The number of carbonyl (C=O) groups is 4. The van der Waals surface area contributed by atoms with Crippen molar-refractivity contribution in [3.8, 4) is 0 Å². The van der Waals surface area contributed by atoms with E-state index in [1.807, 2.05) is 0 Å². The number of carboxylic acids is 1. The van der Waals surface area contributed by atoms with E-state index in [4.69, 9.17) is 9.84 Å². The number of carbonyl (C=O) groups excluding carboxylic acids is 3. The van der Waals surface area contributed by atoms with Crippen molar-refractivity contribution in [2.24, 2.45) is 11.8 Å². The Bertz CT molecular complexity index is 547. The molecule has 138 valence electrons. The number of imide groups is 1. The zero-order valence-corrected chi connectivity index (χ0v) is 14.2. The molecule has 0 radical (unpaired) electrons. The van der Waals surface area contributed by atoms with Gasteiger partial charge < -0.3 is 14.7 Å². The van der Waals surface area contributed by atoms with Gasteiger partial charge in [-0.15, -0.1) is 0 Å². The van der Waals surface area contributed by atoms with Crippen LogP contribution in [-0.2, 0) is 23.9 Å². The molecule has 2 unspecified atom stereocenters. The van der Waals surface area contributed by atoms with Gasteiger partial charge in [0.1, 0.15) is 13.1 Å². The predicted molar refractivity (Wildman–Crippen MR) is 85.4 cm³/mol. The molecule has 3 fully saturated rings. The van der Waals surface area contributed by atoms with Crippen molar-refractivity contribution in [1.29, 1.82) is 0 Å². The maximum Gasteiger partial charge on any atom is 0.323 e. The van der Waals surface area contributed by atoms with Gasteiger partial charge in [0.25, 0.3) is 0 Å². The zero-order valence-electron chi connectivity index (χ0n) is 14.2. The number of nitrogens with zero attached hydrogens (tertiary/aromatic N) is 2. The van der Waals surface area contributed by atoms with Crippen molar-refractivity contribution in [3.05, 3.63) is 0 Å². The van der Waals surface area contributed by atoms with Crippen LogP contribution in [0.1, 0.15) is 38.5 Å². The van der Waals surface area contributed by atoms with Crippen LogP contribution in [0.5, 0.6) is 0 Å². The van der Waals surface area contributed by atoms with E-state index in [0.717, 1.165) is 17.7 Å². The molecular formula is C17H24N2O6. The number of hydrogen-bond acceptors (Lipinski definition) is 5. The molecule has 2 atom stereocenters. The third kappa shape index (κ3) is 3.68. The summed E-state index contributed by atoms with van der Waals surface area (Å²) in [7, 11) is 0. The van der Waals surface area contributed by atoms with Gasteiger partial charge in [-0.25, -0.2) is 0 Å². The molecule has 2 aliphatic heterocycles. The number of rotatable bonds is 5. The molecule has 1 aliphatic carbocycles.